The van der Waals surface area contributed by atoms with E-state index in [2.05, 4.69) is 11.4 Å². The molecule has 0 aromatic heterocycles. The third-order valence-corrected chi connectivity index (χ3v) is 3.16. The summed E-state index contributed by atoms with van der Waals surface area (Å²) in [6.07, 6.45) is 0. The van der Waals surface area contributed by atoms with Crippen LogP contribution in [0.5, 0.6) is 5.75 Å². The number of rotatable bonds is 6. The van der Waals surface area contributed by atoms with E-state index in [-0.39, 0.29) is 18.3 Å². The average Bonchev–Trinajstić information content (AvgIpc) is 2.58. The third-order valence-electron chi connectivity index (χ3n) is 3.16. The van der Waals surface area contributed by atoms with E-state index < -0.39 is 0 Å². The highest BCUT2D eigenvalue weighted by atomic mass is 16.5. The van der Waals surface area contributed by atoms with E-state index >= 15 is 0 Å². The van der Waals surface area contributed by atoms with Gasteiger partial charge in [0.05, 0.1) is 11.6 Å². The lowest BCUT2D eigenvalue weighted by atomic mass is 10.1. The van der Waals surface area contributed by atoms with Crippen LogP contribution in [0.2, 0.25) is 0 Å². The van der Waals surface area contributed by atoms with Crippen molar-refractivity contribution in [3.05, 3.63) is 65.2 Å². The van der Waals surface area contributed by atoms with E-state index in [0.29, 0.717) is 23.4 Å². The van der Waals surface area contributed by atoms with E-state index in [4.69, 9.17) is 10.00 Å². The summed E-state index contributed by atoms with van der Waals surface area (Å²) in [5.74, 6) is 0.136. The van der Waals surface area contributed by atoms with Gasteiger partial charge in [-0.1, -0.05) is 24.3 Å². The summed E-state index contributed by atoms with van der Waals surface area (Å²) >= 11 is 0. The Labute approximate surface area is 134 Å². The van der Waals surface area contributed by atoms with Crippen molar-refractivity contribution >= 4 is 11.7 Å². The zero-order valence-corrected chi connectivity index (χ0v) is 12.7. The molecule has 0 aliphatic carbocycles. The first-order valence-electron chi connectivity index (χ1n) is 7.08. The molecule has 0 fully saturated rings. The number of hydrogen-bond acceptors (Lipinski definition) is 4. The summed E-state index contributed by atoms with van der Waals surface area (Å²) in [5.41, 5.74) is 1.93. The number of ketones is 1. The van der Waals surface area contributed by atoms with Crippen molar-refractivity contribution < 1.29 is 14.3 Å². The highest BCUT2D eigenvalue weighted by Crippen LogP contribution is 2.13. The molecule has 2 aromatic rings. The Morgan fingerprint density at radius 1 is 1.17 bits per heavy atom. The van der Waals surface area contributed by atoms with Gasteiger partial charge in [-0.05, 0) is 36.8 Å². The van der Waals surface area contributed by atoms with Gasteiger partial charge in [0, 0.05) is 12.1 Å². The van der Waals surface area contributed by atoms with Crippen LogP contribution in [0.15, 0.2) is 48.5 Å². The predicted octanol–water partition coefficient (Wildman–Crippen LogP) is 2.46. The normalized spacial score (nSPS) is 9.74. The number of nitrogens with zero attached hydrogens (tertiary/aromatic N) is 1. The Morgan fingerprint density at radius 3 is 2.70 bits per heavy atom. The monoisotopic (exact) mass is 308 g/mol. The minimum atomic E-state index is -0.277. The molecule has 0 saturated carbocycles. The summed E-state index contributed by atoms with van der Waals surface area (Å²) in [5, 5.41) is 11.5. The molecular formula is C18H16N2O3. The van der Waals surface area contributed by atoms with E-state index in [1.807, 2.05) is 6.07 Å². The molecule has 0 bridgehead atoms. The average molecular weight is 308 g/mol. The van der Waals surface area contributed by atoms with Crippen LogP contribution in [0, 0.1) is 11.3 Å². The van der Waals surface area contributed by atoms with Crippen molar-refractivity contribution in [2.45, 2.75) is 13.5 Å². The predicted molar refractivity (Wildman–Crippen MR) is 84.9 cm³/mol. The van der Waals surface area contributed by atoms with Gasteiger partial charge in [-0.15, -0.1) is 0 Å². The fraction of sp³-hybridized carbons (Fsp3) is 0.167. The Bertz CT molecular complexity index is 763. The van der Waals surface area contributed by atoms with Crippen molar-refractivity contribution in [1.29, 1.82) is 5.26 Å². The number of amides is 1. The van der Waals surface area contributed by atoms with Gasteiger partial charge in [0.1, 0.15) is 5.75 Å². The summed E-state index contributed by atoms with van der Waals surface area (Å²) in [6, 6.07) is 15.8. The number of Topliss-reactive ketones (excluding diaryl/α,β-unsaturated/α-hetero) is 1. The number of benzene rings is 2. The first-order chi connectivity index (χ1) is 11.1. The molecule has 116 valence electrons. The molecule has 0 heterocycles. The van der Waals surface area contributed by atoms with Gasteiger partial charge in [-0.2, -0.15) is 5.26 Å². The lowest BCUT2D eigenvalue weighted by Gasteiger charge is -2.08. The second kappa shape index (κ2) is 7.76. The Balaban J connectivity index is 1.84. The minimum Gasteiger partial charge on any atom is -0.484 e. The van der Waals surface area contributed by atoms with Crippen LogP contribution in [-0.4, -0.2) is 18.3 Å². The molecule has 1 amide bonds. The molecule has 0 spiro atoms. The van der Waals surface area contributed by atoms with Crippen molar-refractivity contribution in [2.24, 2.45) is 0 Å². The van der Waals surface area contributed by atoms with Crippen LogP contribution in [-0.2, 0) is 11.3 Å². The number of nitrogens with one attached hydrogen (secondary N) is 1. The van der Waals surface area contributed by atoms with Gasteiger partial charge in [0.15, 0.2) is 12.4 Å². The van der Waals surface area contributed by atoms with Crippen LogP contribution < -0.4 is 10.1 Å². The fourth-order valence-corrected chi connectivity index (χ4v) is 1.96. The van der Waals surface area contributed by atoms with Crippen LogP contribution in [0.3, 0.4) is 0 Å². The maximum atomic E-state index is 11.8. The zero-order chi connectivity index (χ0) is 16.7. The molecule has 1 N–H and O–H groups in total. The smallest absolute Gasteiger partial charge is 0.258 e. The van der Waals surface area contributed by atoms with Crippen LogP contribution in [0.4, 0.5) is 0 Å². The molecule has 0 unspecified atom stereocenters. The Hall–Kier alpha value is -3.13. The summed E-state index contributed by atoms with van der Waals surface area (Å²) in [6.45, 7) is 1.66. The molecule has 5 heteroatoms. The highest BCUT2D eigenvalue weighted by Gasteiger charge is 2.05. The standard InChI is InChI=1S/C18H16N2O3/c1-13(21)16-6-3-7-17(9-16)23-12-18(22)20-11-15-5-2-4-14(8-15)10-19/h2-9H,11-12H2,1H3,(H,20,22). The van der Waals surface area contributed by atoms with Gasteiger partial charge < -0.3 is 10.1 Å². The Kier molecular flexibility index (Phi) is 5.48. The molecule has 0 aliphatic rings. The fourth-order valence-electron chi connectivity index (χ4n) is 1.96. The van der Waals surface area contributed by atoms with Crippen molar-refractivity contribution in [2.75, 3.05) is 6.61 Å². The van der Waals surface area contributed by atoms with Crippen LogP contribution in [0.1, 0.15) is 28.4 Å². The number of carbonyl (C=O) groups excluding carboxylic acids is 2. The zero-order valence-electron chi connectivity index (χ0n) is 12.7. The summed E-state index contributed by atoms with van der Waals surface area (Å²) < 4.78 is 5.38. The van der Waals surface area contributed by atoms with Crippen molar-refractivity contribution in [1.82, 2.24) is 5.32 Å². The van der Waals surface area contributed by atoms with Gasteiger partial charge in [-0.25, -0.2) is 0 Å². The second-order valence-electron chi connectivity index (χ2n) is 4.96. The number of nitriles is 1. The van der Waals surface area contributed by atoms with Gasteiger partial charge >= 0.3 is 0 Å². The molecule has 0 radical (unpaired) electrons. The second-order valence-corrected chi connectivity index (χ2v) is 4.96. The summed E-state index contributed by atoms with van der Waals surface area (Å²) in [7, 11) is 0. The quantitative estimate of drug-likeness (QED) is 0.831. The molecular weight excluding hydrogens is 292 g/mol. The maximum Gasteiger partial charge on any atom is 0.258 e. The van der Waals surface area contributed by atoms with E-state index in [1.54, 1.807) is 42.5 Å². The van der Waals surface area contributed by atoms with Crippen LogP contribution >= 0.6 is 0 Å². The highest BCUT2D eigenvalue weighted by molar-refractivity contribution is 5.94. The molecule has 0 atom stereocenters. The van der Waals surface area contributed by atoms with Crippen molar-refractivity contribution in [3.63, 3.8) is 0 Å². The van der Waals surface area contributed by atoms with Gasteiger partial charge in [-0.3, -0.25) is 9.59 Å². The first kappa shape index (κ1) is 16.2. The topological polar surface area (TPSA) is 79.2 Å². The van der Waals surface area contributed by atoms with Crippen LogP contribution in [0.25, 0.3) is 0 Å². The van der Waals surface area contributed by atoms with Gasteiger partial charge in [0.25, 0.3) is 5.91 Å². The largest absolute Gasteiger partial charge is 0.484 e. The van der Waals surface area contributed by atoms with Gasteiger partial charge in [0.2, 0.25) is 0 Å². The van der Waals surface area contributed by atoms with E-state index in [1.165, 1.54) is 6.92 Å². The van der Waals surface area contributed by atoms with E-state index in [9.17, 15) is 9.59 Å². The number of hydrogen-bond donors (Lipinski definition) is 1. The van der Waals surface area contributed by atoms with Crippen molar-refractivity contribution in [3.8, 4) is 11.8 Å². The number of ether oxygens (including phenoxy) is 1. The lowest BCUT2D eigenvalue weighted by Crippen LogP contribution is -2.28. The first-order valence-corrected chi connectivity index (χ1v) is 7.08. The summed E-state index contributed by atoms with van der Waals surface area (Å²) in [4.78, 5) is 23.1. The minimum absolute atomic E-state index is 0.0581. The molecule has 5 nitrogen and oxygen atoms in total. The Morgan fingerprint density at radius 2 is 1.96 bits per heavy atom. The van der Waals surface area contributed by atoms with E-state index in [0.717, 1.165) is 5.56 Å². The molecule has 2 rings (SSSR count). The molecule has 0 saturated heterocycles. The molecule has 0 aliphatic heterocycles. The maximum absolute atomic E-state index is 11.8. The SMILES string of the molecule is CC(=O)c1cccc(OCC(=O)NCc2cccc(C#N)c2)c1. The lowest BCUT2D eigenvalue weighted by molar-refractivity contribution is -0.123. The molecule has 2 aromatic carbocycles. The third kappa shape index (κ3) is 4.97. The molecule has 23 heavy (non-hydrogen) atoms. The number of carbonyl (C=O) groups is 2.